The largest absolute Gasteiger partial charge is 0.228 e. The van der Waals surface area contributed by atoms with E-state index in [2.05, 4.69) is 4.72 Å². The molecule has 0 fully saturated rings. The number of hydrogen-bond acceptors (Lipinski definition) is 4. The van der Waals surface area contributed by atoms with E-state index in [1.165, 1.54) is 0 Å². The second-order valence-electron chi connectivity index (χ2n) is 3.87. The minimum Gasteiger partial charge on any atom is -0.211 e. The fourth-order valence-electron chi connectivity index (χ4n) is 1.51. The number of nitrogens with zero attached hydrogens (tertiary/aromatic N) is 1. The summed E-state index contributed by atoms with van der Waals surface area (Å²) in [7, 11) is -3.53. The normalized spacial score (nSPS) is 15.1. The first-order chi connectivity index (χ1) is 7.99. The maximum atomic E-state index is 11.8. The molecule has 2 atom stereocenters. The molecule has 0 saturated carbocycles. The lowest BCUT2D eigenvalue weighted by molar-refractivity contribution is 0.552. The first kappa shape index (κ1) is 14.2. The molecule has 17 heavy (non-hydrogen) atoms. The molecule has 0 radical (unpaired) electrons. The first-order valence-electron chi connectivity index (χ1n) is 5.42. The van der Waals surface area contributed by atoms with E-state index in [9.17, 15) is 8.42 Å². The lowest BCUT2D eigenvalue weighted by atomic mass is 10.2. The van der Waals surface area contributed by atoms with Crippen LogP contribution in [-0.4, -0.2) is 19.7 Å². The highest BCUT2D eigenvalue weighted by Crippen LogP contribution is 2.12. The summed E-state index contributed by atoms with van der Waals surface area (Å²) in [4.78, 5) is 1.13. The molecule has 1 rings (SSSR count). The minimum atomic E-state index is -3.53. The Balaban J connectivity index is 2.62. The zero-order valence-corrected chi connectivity index (χ0v) is 11.5. The van der Waals surface area contributed by atoms with Gasteiger partial charge >= 0.3 is 0 Å². The standard InChI is InChI=1S/C11H16N2O2S2/c1-3-11(8-12)17(14,15)13-9(2)7-10-5-4-6-16-10/h4-6,9,11,13H,3,7H2,1-2H3. The topological polar surface area (TPSA) is 70.0 Å². The molecule has 94 valence electrons. The van der Waals surface area contributed by atoms with Crippen molar-refractivity contribution in [3.8, 4) is 6.07 Å². The van der Waals surface area contributed by atoms with E-state index >= 15 is 0 Å². The molecule has 1 aromatic rings. The maximum absolute atomic E-state index is 11.8. The molecule has 1 aromatic heterocycles. The van der Waals surface area contributed by atoms with Gasteiger partial charge in [-0.2, -0.15) is 5.26 Å². The monoisotopic (exact) mass is 272 g/mol. The van der Waals surface area contributed by atoms with Crippen molar-refractivity contribution in [2.75, 3.05) is 0 Å². The molecule has 0 spiro atoms. The lowest BCUT2D eigenvalue weighted by Crippen LogP contribution is -2.39. The Morgan fingerprint density at radius 3 is 2.76 bits per heavy atom. The third kappa shape index (κ3) is 4.11. The number of nitrogens with one attached hydrogen (secondary N) is 1. The lowest BCUT2D eigenvalue weighted by Gasteiger charge is -2.15. The molecule has 1 N–H and O–H groups in total. The number of hydrogen-bond donors (Lipinski definition) is 1. The minimum absolute atomic E-state index is 0.193. The first-order valence-corrected chi connectivity index (χ1v) is 7.85. The summed E-state index contributed by atoms with van der Waals surface area (Å²) in [6.45, 7) is 3.50. The van der Waals surface area contributed by atoms with Crippen molar-refractivity contribution in [3.05, 3.63) is 22.4 Å². The molecule has 0 amide bonds. The van der Waals surface area contributed by atoms with Crippen LogP contribution in [0.3, 0.4) is 0 Å². The smallest absolute Gasteiger partial charge is 0.211 e. The van der Waals surface area contributed by atoms with Crippen LogP contribution in [0.1, 0.15) is 25.1 Å². The highest BCUT2D eigenvalue weighted by atomic mass is 32.2. The van der Waals surface area contributed by atoms with Gasteiger partial charge in [-0.25, -0.2) is 13.1 Å². The Bertz CT molecular complexity index is 474. The van der Waals surface area contributed by atoms with Crippen LogP contribution >= 0.6 is 11.3 Å². The van der Waals surface area contributed by atoms with Gasteiger partial charge in [0.05, 0.1) is 6.07 Å². The average Bonchev–Trinajstić information content (AvgIpc) is 2.70. The van der Waals surface area contributed by atoms with E-state index < -0.39 is 15.3 Å². The van der Waals surface area contributed by atoms with E-state index in [4.69, 9.17) is 5.26 Å². The highest BCUT2D eigenvalue weighted by molar-refractivity contribution is 7.90. The van der Waals surface area contributed by atoms with E-state index in [-0.39, 0.29) is 6.04 Å². The Kier molecular flexibility index (Phi) is 5.12. The quantitative estimate of drug-likeness (QED) is 0.860. The van der Waals surface area contributed by atoms with Crippen LogP contribution in [-0.2, 0) is 16.4 Å². The van der Waals surface area contributed by atoms with Gasteiger partial charge in [-0.05, 0) is 31.2 Å². The van der Waals surface area contributed by atoms with Crippen LogP contribution in [0.15, 0.2) is 17.5 Å². The van der Waals surface area contributed by atoms with Crippen molar-refractivity contribution < 1.29 is 8.42 Å². The van der Waals surface area contributed by atoms with Gasteiger partial charge in [-0.15, -0.1) is 11.3 Å². The maximum Gasteiger partial charge on any atom is 0.228 e. The van der Waals surface area contributed by atoms with E-state index in [1.807, 2.05) is 23.6 Å². The van der Waals surface area contributed by atoms with Crippen molar-refractivity contribution in [3.63, 3.8) is 0 Å². The SMILES string of the molecule is CCC(C#N)S(=O)(=O)NC(C)Cc1cccs1. The molecule has 2 unspecified atom stereocenters. The van der Waals surface area contributed by atoms with Crippen LogP contribution in [0.2, 0.25) is 0 Å². The third-order valence-electron chi connectivity index (χ3n) is 2.34. The molecule has 4 nitrogen and oxygen atoms in total. The second-order valence-corrected chi connectivity index (χ2v) is 6.80. The Morgan fingerprint density at radius 1 is 1.59 bits per heavy atom. The molecule has 0 aliphatic carbocycles. The fraction of sp³-hybridized carbons (Fsp3) is 0.545. The van der Waals surface area contributed by atoms with Crippen LogP contribution < -0.4 is 4.72 Å². The van der Waals surface area contributed by atoms with Crippen LogP contribution in [0, 0.1) is 11.3 Å². The van der Waals surface area contributed by atoms with E-state index in [1.54, 1.807) is 25.2 Å². The Morgan fingerprint density at radius 2 is 2.29 bits per heavy atom. The predicted molar refractivity (Wildman–Crippen MR) is 69.2 cm³/mol. The van der Waals surface area contributed by atoms with Gasteiger partial charge in [-0.3, -0.25) is 0 Å². The second kappa shape index (κ2) is 6.15. The van der Waals surface area contributed by atoms with Gasteiger partial charge < -0.3 is 0 Å². The van der Waals surface area contributed by atoms with Gasteiger partial charge in [0.2, 0.25) is 10.0 Å². The molecule has 0 aliphatic heterocycles. The van der Waals surface area contributed by atoms with Crippen molar-refractivity contribution >= 4 is 21.4 Å². The zero-order chi connectivity index (χ0) is 12.9. The molecule has 1 heterocycles. The summed E-state index contributed by atoms with van der Waals surface area (Å²) >= 11 is 1.60. The predicted octanol–water partition coefficient (Wildman–Crippen LogP) is 1.90. The highest BCUT2D eigenvalue weighted by Gasteiger charge is 2.25. The van der Waals surface area contributed by atoms with Crippen molar-refractivity contribution in [1.82, 2.24) is 4.72 Å². The van der Waals surface area contributed by atoms with Crippen LogP contribution in [0.4, 0.5) is 0 Å². The number of rotatable bonds is 6. The molecule has 6 heteroatoms. The van der Waals surface area contributed by atoms with Crippen LogP contribution in [0.5, 0.6) is 0 Å². The molecule has 0 aromatic carbocycles. The van der Waals surface area contributed by atoms with Crippen molar-refractivity contribution in [1.29, 1.82) is 5.26 Å². The van der Waals surface area contributed by atoms with Crippen molar-refractivity contribution in [2.45, 2.75) is 38.0 Å². The molecular formula is C11H16N2O2S2. The number of sulfonamides is 1. The molecule has 0 aliphatic rings. The number of thiophene rings is 1. The van der Waals surface area contributed by atoms with Gasteiger partial charge in [0.25, 0.3) is 0 Å². The van der Waals surface area contributed by atoms with E-state index in [0.29, 0.717) is 12.8 Å². The third-order valence-corrected chi connectivity index (χ3v) is 5.16. The average molecular weight is 272 g/mol. The zero-order valence-electron chi connectivity index (χ0n) is 9.88. The van der Waals surface area contributed by atoms with Crippen LogP contribution in [0.25, 0.3) is 0 Å². The van der Waals surface area contributed by atoms with Gasteiger partial charge in [0.15, 0.2) is 5.25 Å². The Hall–Kier alpha value is -0.900. The molecule has 0 saturated heterocycles. The van der Waals surface area contributed by atoms with Gasteiger partial charge in [0, 0.05) is 10.9 Å². The van der Waals surface area contributed by atoms with Crippen molar-refractivity contribution in [2.24, 2.45) is 0 Å². The summed E-state index contributed by atoms with van der Waals surface area (Å²) < 4.78 is 26.2. The molecular weight excluding hydrogens is 256 g/mol. The molecule has 0 bridgehead atoms. The summed E-state index contributed by atoms with van der Waals surface area (Å²) in [5.74, 6) is 0. The summed E-state index contributed by atoms with van der Waals surface area (Å²) in [6.07, 6.45) is 0.955. The Labute approximate surface area is 106 Å². The fourth-order valence-corrected chi connectivity index (χ4v) is 3.74. The van der Waals surface area contributed by atoms with Gasteiger partial charge in [-0.1, -0.05) is 13.0 Å². The number of nitriles is 1. The summed E-state index contributed by atoms with van der Waals surface area (Å²) in [5, 5.41) is 9.76. The summed E-state index contributed by atoms with van der Waals surface area (Å²) in [6, 6.07) is 5.52. The van der Waals surface area contributed by atoms with E-state index in [0.717, 1.165) is 4.88 Å². The van der Waals surface area contributed by atoms with Gasteiger partial charge in [0.1, 0.15) is 0 Å². The summed E-state index contributed by atoms with van der Waals surface area (Å²) in [5.41, 5.74) is 0.